The molecule has 1 aromatic carbocycles. The number of ether oxygens (including phenoxy) is 1. The number of nitrogens with two attached hydrogens (primary N) is 1. The Balaban J connectivity index is 0.000000810. The van der Waals surface area contributed by atoms with Crippen LogP contribution < -0.4 is 10.5 Å². The maximum absolute atomic E-state index is 5.43. The zero-order valence-corrected chi connectivity index (χ0v) is 8.97. The maximum atomic E-state index is 5.43. The molecule has 0 bridgehead atoms. The molecule has 10 heavy (non-hydrogen) atoms. The van der Waals surface area contributed by atoms with Crippen LogP contribution >= 0.6 is 0 Å². The van der Waals surface area contributed by atoms with E-state index in [1.807, 2.05) is 12.1 Å². The van der Waals surface area contributed by atoms with Crippen molar-refractivity contribution >= 4 is 5.69 Å². The zero-order chi connectivity index (χ0) is 6.69. The minimum atomic E-state index is 0. The molecular formula is C7H9NOZn. The molecule has 0 unspecified atom stereocenters. The summed E-state index contributed by atoms with van der Waals surface area (Å²) in [5, 5.41) is 0. The van der Waals surface area contributed by atoms with Gasteiger partial charge in [-0.25, -0.2) is 0 Å². The van der Waals surface area contributed by atoms with Crippen molar-refractivity contribution in [3.63, 3.8) is 0 Å². The number of rotatable bonds is 1. The first-order chi connectivity index (χ1) is 4.33. The molecule has 0 aliphatic rings. The van der Waals surface area contributed by atoms with Crippen LogP contribution in [-0.4, -0.2) is 7.11 Å². The van der Waals surface area contributed by atoms with Gasteiger partial charge in [0, 0.05) is 25.2 Å². The molecule has 1 rings (SSSR count). The Morgan fingerprint density at radius 2 is 1.70 bits per heavy atom. The van der Waals surface area contributed by atoms with Crippen LogP contribution in [0.2, 0.25) is 0 Å². The van der Waals surface area contributed by atoms with E-state index in [-0.39, 0.29) is 19.5 Å². The molecule has 50 valence electrons. The Kier molecular flexibility index (Phi) is 4.05. The van der Waals surface area contributed by atoms with Crippen molar-refractivity contribution in [1.29, 1.82) is 0 Å². The molecule has 0 heterocycles. The van der Waals surface area contributed by atoms with Crippen LogP contribution in [0.25, 0.3) is 0 Å². The summed E-state index contributed by atoms with van der Waals surface area (Å²) in [5.74, 6) is 0.837. The molecule has 0 spiro atoms. The molecule has 2 N–H and O–H groups in total. The molecule has 2 nitrogen and oxygen atoms in total. The first kappa shape index (κ1) is 9.44. The first-order valence-corrected chi connectivity index (χ1v) is 2.72. The third-order valence-electron chi connectivity index (χ3n) is 1.12. The van der Waals surface area contributed by atoms with Gasteiger partial charge in [-0.2, -0.15) is 0 Å². The van der Waals surface area contributed by atoms with Gasteiger partial charge in [0.1, 0.15) is 5.75 Å². The Bertz CT molecular complexity index is 185. The van der Waals surface area contributed by atoms with Gasteiger partial charge in [-0.05, 0) is 24.3 Å². The maximum Gasteiger partial charge on any atom is 0.119 e. The molecule has 0 aliphatic carbocycles. The monoisotopic (exact) mass is 187 g/mol. The van der Waals surface area contributed by atoms with Gasteiger partial charge in [0.15, 0.2) is 0 Å². The van der Waals surface area contributed by atoms with E-state index in [0.29, 0.717) is 0 Å². The van der Waals surface area contributed by atoms with E-state index >= 15 is 0 Å². The molecule has 0 aliphatic heterocycles. The number of methoxy groups -OCH3 is 1. The van der Waals surface area contributed by atoms with Gasteiger partial charge < -0.3 is 10.5 Å². The third kappa shape index (κ3) is 2.36. The molecule has 0 aromatic heterocycles. The second-order valence-corrected chi connectivity index (χ2v) is 1.77. The molecule has 0 saturated carbocycles. The number of nitrogen functional groups attached to an aromatic ring is 1. The number of anilines is 1. The van der Waals surface area contributed by atoms with Crippen molar-refractivity contribution in [2.75, 3.05) is 12.8 Å². The topological polar surface area (TPSA) is 35.2 Å². The van der Waals surface area contributed by atoms with Crippen LogP contribution in [0.5, 0.6) is 5.75 Å². The van der Waals surface area contributed by atoms with Crippen LogP contribution in [0.1, 0.15) is 0 Å². The van der Waals surface area contributed by atoms with E-state index in [2.05, 4.69) is 0 Å². The van der Waals surface area contributed by atoms with Crippen molar-refractivity contribution in [2.45, 2.75) is 0 Å². The van der Waals surface area contributed by atoms with Gasteiger partial charge in [-0.15, -0.1) is 0 Å². The Morgan fingerprint density at radius 3 is 2.10 bits per heavy atom. The molecule has 0 amide bonds. The Morgan fingerprint density at radius 1 is 1.20 bits per heavy atom. The predicted molar refractivity (Wildman–Crippen MR) is 37.4 cm³/mol. The van der Waals surface area contributed by atoms with Gasteiger partial charge in [0.05, 0.1) is 7.11 Å². The molecule has 0 saturated heterocycles. The normalized spacial score (nSPS) is 8.10. The van der Waals surface area contributed by atoms with Crippen LogP contribution in [0, 0.1) is 0 Å². The van der Waals surface area contributed by atoms with Crippen LogP contribution in [0.4, 0.5) is 5.69 Å². The van der Waals surface area contributed by atoms with Crippen molar-refractivity contribution < 1.29 is 24.2 Å². The molecule has 3 heteroatoms. The molecule has 0 radical (unpaired) electrons. The van der Waals surface area contributed by atoms with Gasteiger partial charge in [0.25, 0.3) is 0 Å². The van der Waals surface area contributed by atoms with E-state index in [0.717, 1.165) is 11.4 Å². The van der Waals surface area contributed by atoms with Crippen molar-refractivity contribution in [3.05, 3.63) is 24.3 Å². The summed E-state index contributed by atoms with van der Waals surface area (Å²) in [5.41, 5.74) is 6.19. The largest absolute Gasteiger partial charge is 0.497 e. The minimum absolute atomic E-state index is 0. The summed E-state index contributed by atoms with van der Waals surface area (Å²) >= 11 is 0. The summed E-state index contributed by atoms with van der Waals surface area (Å²) in [4.78, 5) is 0. The number of hydrogen-bond donors (Lipinski definition) is 1. The quantitative estimate of drug-likeness (QED) is 0.532. The molecule has 0 fully saturated rings. The average Bonchev–Trinajstić information content (AvgIpc) is 1.90. The first-order valence-electron chi connectivity index (χ1n) is 2.72. The Labute approximate surface area is 73.1 Å². The van der Waals surface area contributed by atoms with Crippen molar-refractivity contribution in [1.82, 2.24) is 0 Å². The van der Waals surface area contributed by atoms with Gasteiger partial charge in [-0.1, -0.05) is 0 Å². The minimum Gasteiger partial charge on any atom is -0.497 e. The SMILES string of the molecule is COc1ccc(N)cc1.[Zn]. The second-order valence-electron chi connectivity index (χ2n) is 1.77. The molecule has 1 aromatic rings. The third-order valence-corrected chi connectivity index (χ3v) is 1.12. The summed E-state index contributed by atoms with van der Waals surface area (Å²) in [6.45, 7) is 0. The molecule has 0 atom stereocenters. The fourth-order valence-electron chi connectivity index (χ4n) is 0.604. The molecular weight excluding hydrogens is 179 g/mol. The predicted octanol–water partition coefficient (Wildman–Crippen LogP) is 1.27. The summed E-state index contributed by atoms with van der Waals surface area (Å²) in [6, 6.07) is 7.27. The average molecular weight is 189 g/mol. The summed E-state index contributed by atoms with van der Waals surface area (Å²) in [6.07, 6.45) is 0. The van der Waals surface area contributed by atoms with E-state index in [1.165, 1.54) is 0 Å². The second kappa shape index (κ2) is 4.29. The van der Waals surface area contributed by atoms with Gasteiger partial charge in [0.2, 0.25) is 0 Å². The van der Waals surface area contributed by atoms with Gasteiger partial charge >= 0.3 is 0 Å². The van der Waals surface area contributed by atoms with Gasteiger partial charge in [-0.3, -0.25) is 0 Å². The smallest absolute Gasteiger partial charge is 0.119 e. The number of benzene rings is 1. The number of hydrogen-bond acceptors (Lipinski definition) is 2. The van der Waals surface area contributed by atoms with Crippen molar-refractivity contribution in [2.24, 2.45) is 0 Å². The van der Waals surface area contributed by atoms with Crippen molar-refractivity contribution in [3.8, 4) is 5.75 Å². The van der Waals surface area contributed by atoms with E-state index < -0.39 is 0 Å². The summed E-state index contributed by atoms with van der Waals surface area (Å²) in [7, 11) is 1.63. The fourth-order valence-corrected chi connectivity index (χ4v) is 0.604. The van der Waals surface area contributed by atoms with Crippen LogP contribution in [-0.2, 0) is 19.5 Å². The van der Waals surface area contributed by atoms with E-state index in [1.54, 1.807) is 19.2 Å². The van der Waals surface area contributed by atoms with E-state index in [9.17, 15) is 0 Å². The van der Waals surface area contributed by atoms with Crippen LogP contribution in [0.15, 0.2) is 24.3 Å². The standard InChI is InChI=1S/C7H9NO.Zn/c1-9-7-4-2-6(8)3-5-7;/h2-5H,8H2,1H3;. The fraction of sp³-hybridized carbons (Fsp3) is 0.143. The van der Waals surface area contributed by atoms with Crippen LogP contribution in [0.3, 0.4) is 0 Å². The zero-order valence-electron chi connectivity index (χ0n) is 6.00. The summed E-state index contributed by atoms with van der Waals surface area (Å²) < 4.78 is 4.91. The van der Waals surface area contributed by atoms with E-state index in [4.69, 9.17) is 10.5 Å². The Hall–Kier alpha value is -0.557.